The molecule has 0 spiro atoms. The lowest BCUT2D eigenvalue weighted by molar-refractivity contribution is 0.0976. The first-order valence-corrected chi connectivity index (χ1v) is 7.16. The molecule has 4 rings (SSSR count). The van der Waals surface area contributed by atoms with Crippen molar-refractivity contribution in [2.45, 2.75) is 13.8 Å². The average Bonchev–Trinajstić information content (AvgIpc) is 2.52. The fourth-order valence-corrected chi connectivity index (χ4v) is 3.18. The van der Waals surface area contributed by atoms with Gasteiger partial charge in [0.15, 0.2) is 5.78 Å². The molecule has 0 N–H and O–H groups in total. The summed E-state index contributed by atoms with van der Waals surface area (Å²) in [5, 5.41) is 1.84. The third kappa shape index (κ3) is 1.59. The van der Waals surface area contributed by atoms with Gasteiger partial charge < -0.3 is 0 Å². The molecule has 1 aliphatic rings. The topological polar surface area (TPSA) is 47.0 Å². The van der Waals surface area contributed by atoms with E-state index in [1.165, 1.54) is 0 Å². The van der Waals surface area contributed by atoms with Crippen molar-refractivity contribution in [1.29, 1.82) is 0 Å². The summed E-state index contributed by atoms with van der Waals surface area (Å²) in [4.78, 5) is 29.7. The van der Waals surface area contributed by atoms with Crippen molar-refractivity contribution in [1.82, 2.24) is 4.98 Å². The fourth-order valence-electron chi connectivity index (χ4n) is 3.18. The predicted octanol–water partition coefficient (Wildman–Crippen LogP) is 3.63. The van der Waals surface area contributed by atoms with Crippen LogP contribution in [0.25, 0.3) is 10.8 Å². The molecule has 0 unspecified atom stereocenters. The third-order valence-corrected chi connectivity index (χ3v) is 4.24. The van der Waals surface area contributed by atoms with Gasteiger partial charge >= 0.3 is 0 Å². The van der Waals surface area contributed by atoms with Gasteiger partial charge in [-0.05, 0) is 48.4 Å². The molecule has 22 heavy (non-hydrogen) atoms. The summed E-state index contributed by atoms with van der Waals surface area (Å²) in [6, 6.07) is 11.2. The van der Waals surface area contributed by atoms with E-state index in [2.05, 4.69) is 4.98 Å². The van der Waals surface area contributed by atoms with Crippen LogP contribution in [0.2, 0.25) is 0 Å². The number of carbonyl (C=O) groups excluding carboxylic acids is 2. The molecule has 106 valence electrons. The molecule has 2 aromatic carbocycles. The highest BCUT2D eigenvalue weighted by molar-refractivity contribution is 6.31. The highest BCUT2D eigenvalue weighted by Crippen LogP contribution is 2.34. The van der Waals surface area contributed by atoms with Crippen LogP contribution in [0.4, 0.5) is 0 Å². The Morgan fingerprint density at radius 1 is 0.864 bits per heavy atom. The van der Waals surface area contributed by atoms with E-state index < -0.39 is 0 Å². The number of aryl methyl sites for hydroxylation is 2. The van der Waals surface area contributed by atoms with Crippen LogP contribution in [0.15, 0.2) is 42.6 Å². The van der Waals surface area contributed by atoms with Crippen LogP contribution in [-0.2, 0) is 0 Å². The zero-order valence-electron chi connectivity index (χ0n) is 12.3. The summed E-state index contributed by atoms with van der Waals surface area (Å²) >= 11 is 0. The van der Waals surface area contributed by atoms with Gasteiger partial charge in [0.2, 0.25) is 5.78 Å². The summed E-state index contributed by atoms with van der Waals surface area (Å²) in [5.41, 5.74) is 3.69. The van der Waals surface area contributed by atoms with Crippen molar-refractivity contribution in [2.75, 3.05) is 0 Å². The van der Waals surface area contributed by atoms with E-state index in [9.17, 15) is 9.59 Å². The number of ketones is 2. The van der Waals surface area contributed by atoms with Crippen molar-refractivity contribution in [2.24, 2.45) is 0 Å². The van der Waals surface area contributed by atoms with Gasteiger partial charge in [-0.2, -0.15) is 0 Å². The van der Waals surface area contributed by atoms with Crippen LogP contribution >= 0.6 is 0 Å². The maximum absolute atomic E-state index is 12.9. The van der Waals surface area contributed by atoms with Gasteiger partial charge in [0.25, 0.3) is 0 Å². The molecule has 0 saturated heterocycles. The Bertz CT molecular complexity index is 986. The van der Waals surface area contributed by atoms with Crippen LogP contribution in [0.1, 0.15) is 43.1 Å². The molecule has 3 aromatic rings. The molecule has 1 heterocycles. The van der Waals surface area contributed by atoms with Crippen LogP contribution in [0, 0.1) is 13.8 Å². The first-order chi connectivity index (χ1) is 10.6. The van der Waals surface area contributed by atoms with E-state index >= 15 is 0 Å². The summed E-state index contributed by atoms with van der Waals surface area (Å²) in [5.74, 6) is -0.287. The molecule has 3 nitrogen and oxygen atoms in total. The van der Waals surface area contributed by atoms with E-state index in [0.29, 0.717) is 16.7 Å². The second-order valence-corrected chi connectivity index (χ2v) is 5.72. The molecular weight excluding hydrogens is 274 g/mol. The number of carbonyl (C=O) groups is 2. The molecule has 0 aliphatic heterocycles. The largest absolute Gasteiger partial charge is 0.288 e. The highest BCUT2D eigenvalue weighted by atomic mass is 16.1. The van der Waals surface area contributed by atoms with Crippen LogP contribution in [0.3, 0.4) is 0 Å². The summed E-state index contributed by atoms with van der Waals surface area (Å²) in [6.45, 7) is 3.95. The monoisotopic (exact) mass is 287 g/mol. The molecule has 0 saturated carbocycles. The normalized spacial score (nSPS) is 13.2. The van der Waals surface area contributed by atoms with E-state index in [1.54, 1.807) is 18.3 Å². The van der Waals surface area contributed by atoms with Gasteiger partial charge in [0.1, 0.15) is 5.69 Å². The standard InChI is InChI=1S/C19H13NO2/c1-10-5-6-12-11(2)9-15-16(14(12)8-10)19(22)17-13(18(15)21)4-3-7-20-17/h3-9H,1-2H3. The Morgan fingerprint density at radius 2 is 1.68 bits per heavy atom. The Kier molecular flexibility index (Phi) is 2.54. The SMILES string of the molecule is Cc1ccc2c(C)cc3c(c2c1)C(=O)c1ncccc1C3=O. The Balaban J connectivity index is 2.17. The molecular formula is C19H13NO2. The number of nitrogens with zero attached hydrogens (tertiary/aromatic N) is 1. The molecule has 0 radical (unpaired) electrons. The summed E-state index contributed by atoms with van der Waals surface area (Å²) in [7, 11) is 0. The van der Waals surface area contributed by atoms with E-state index in [1.807, 2.05) is 38.1 Å². The fraction of sp³-hybridized carbons (Fsp3) is 0.105. The number of aromatic nitrogens is 1. The van der Waals surface area contributed by atoms with Crippen LogP contribution in [-0.4, -0.2) is 16.6 Å². The third-order valence-electron chi connectivity index (χ3n) is 4.24. The van der Waals surface area contributed by atoms with Gasteiger partial charge in [0.05, 0.1) is 5.56 Å². The van der Waals surface area contributed by atoms with Crippen molar-refractivity contribution in [3.8, 4) is 0 Å². The van der Waals surface area contributed by atoms with Crippen molar-refractivity contribution in [3.05, 3.63) is 76.1 Å². The number of pyridine rings is 1. The first kappa shape index (κ1) is 12.9. The summed E-state index contributed by atoms with van der Waals surface area (Å²) in [6.07, 6.45) is 1.55. The van der Waals surface area contributed by atoms with E-state index in [4.69, 9.17) is 0 Å². The first-order valence-electron chi connectivity index (χ1n) is 7.16. The number of fused-ring (bicyclic) bond motifs is 4. The lowest BCUT2D eigenvalue weighted by Crippen LogP contribution is -2.22. The van der Waals surface area contributed by atoms with Crippen molar-refractivity contribution in [3.63, 3.8) is 0 Å². The zero-order valence-corrected chi connectivity index (χ0v) is 12.3. The van der Waals surface area contributed by atoms with Crippen LogP contribution in [0.5, 0.6) is 0 Å². The molecule has 0 bridgehead atoms. The van der Waals surface area contributed by atoms with Gasteiger partial charge in [-0.3, -0.25) is 14.6 Å². The van der Waals surface area contributed by atoms with E-state index in [-0.39, 0.29) is 17.3 Å². The minimum Gasteiger partial charge on any atom is -0.288 e. The van der Waals surface area contributed by atoms with Crippen LogP contribution < -0.4 is 0 Å². The van der Waals surface area contributed by atoms with Gasteiger partial charge in [-0.25, -0.2) is 0 Å². The second-order valence-electron chi connectivity index (χ2n) is 5.72. The minimum absolute atomic E-state index is 0.121. The second kappa shape index (κ2) is 4.34. The Hall–Kier alpha value is -2.81. The highest BCUT2D eigenvalue weighted by Gasteiger charge is 2.32. The molecule has 0 atom stereocenters. The number of hydrogen-bond acceptors (Lipinski definition) is 3. The number of benzene rings is 2. The molecule has 0 fully saturated rings. The Morgan fingerprint density at radius 3 is 2.50 bits per heavy atom. The number of rotatable bonds is 0. The molecule has 0 amide bonds. The Labute approximate surface area is 127 Å². The lowest BCUT2D eigenvalue weighted by atomic mass is 9.82. The van der Waals surface area contributed by atoms with Crippen molar-refractivity contribution < 1.29 is 9.59 Å². The minimum atomic E-state index is -0.166. The lowest BCUT2D eigenvalue weighted by Gasteiger charge is -2.19. The van der Waals surface area contributed by atoms with Gasteiger partial charge in [-0.1, -0.05) is 23.8 Å². The quantitative estimate of drug-likeness (QED) is 0.496. The van der Waals surface area contributed by atoms with Gasteiger partial charge in [-0.15, -0.1) is 0 Å². The zero-order chi connectivity index (χ0) is 15.4. The van der Waals surface area contributed by atoms with Crippen molar-refractivity contribution >= 4 is 22.3 Å². The van der Waals surface area contributed by atoms with Gasteiger partial charge in [0, 0.05) is 17.3 Å². The number of hydrogen-bond donors (Lipinski definition) is 0. The molecule has 1 aromatic heterocycles. The molecule has 3 heteroatoms. The average molecular weight is 287 g/mol. The maximum atomic E-state index is 12.9. The smallest absolute Gasteiger partial charge is 0.213 e. The van der Waals surface area contributed by atoms with E-state index in [0.717, 1.165) is 21.9 Å². The summed E-state index contributed by atoms with van der Waals surface area (Å²) < 4.78 is 0. The maximum Gasteiger partial charge on any atom is 0.213 e. The predicted molar refractivity (Wildman–Crippen MR) is 84.5 cm³/mol. The molecule has 1 aliphatic carbocycles.